The molecule has 11 heteroatoms. The number of hydrogen-bond acceptors (Lipinski definition) is 10. The van der Waals surface area contributed by atoms with Gasteiger partial charge in [0, 0.05) is 32.1 Å². The van der Waals surface area contributed by atoms with Gasteiger partial charge in [-0.1, -0.05) is 11.2 Å². The lowest BCUT2D eigenvalue weighted by Gasteiger charge is -2.39. The quantitative estimate of drug-likeness (QED) is 0.449. The minimum absolute atomic E-state index is 0.0901. The Hall–Kier alpha value is -3.08. The van der Waals surface area contributed by atoms with Crippen LogP contribution in [0, 0.1) is 19.7 Å². The highest BCUT2D eigenvalue weighted by Crippen LogP contribution is 2.36. The predicted molar refractivity (Wildman–Crippen MR) is 115 cm³/mol. The van der Waals surface area contributed by atoms with Crippen molar-refractivity contribution in [1.82, 2.24) is 5.16 Å². The van der Waals surface area contributed by atoms with Gasteiger partial charge in [-0.2, -0.15) is 0 Å². The Balaban J connectivity index is 1.88. The molecule has 9 nitrogen and oxygen atoms in total. The summed E-state index contributed by atoms with van der Waals surface area (Å²) in [6.07, 6.45) is -3.13. The van der Waals surface area contributed by atoms with E-state index in [2.05, 4.69) is 5.16 Å². The lowest BCUT2D eigenvalue weighted by atomic mass is 10.0. The molecule has 178 valence electrons. The molecular weight excluding hydrogens is 457 g/mol. The Kier molecular flexibility index (Phi) is 7.62. The summed E-state index contributed by atoms with van der Waals surface area (Å²) in [5.41, 5.74) is 0.949. The summed E-state index contributed by atoms with van der Waals surface area (Å²) in [5, 5.41) is 3.88. The normalized spacial score (nSPS) is 22.4. The Bertz CT molecular complexity index is 1040. The third-order valence-electron chi connectivity index (χ3n) is 4.80. The summed E-state index contributed by atoms with van der Waals surface area (Å²) in [6.45, 7) is 7.07. The number of halogens is 1. The van der Waals surface area contributed by atoms with Crippen molar-refractivity contribution in [2.45, 2.75) is 58.4 Å². The van der Waals surface area contributed by atoms with Gasteiger partial charge < -0.3 is 23.5 Å². The molecule has 0 spiro atoms. The molecule has 1 aromatic carbocycles. The van der Waals surface area contributed by atoms with Gasteiger partial charge in [-0.05, 0) is 31.5 Å². The standard InChI is InChI=1S/C22H24FNO8S/c1-10-19(11(2)32-24-10)15-6-7-17(16(23)8-15)31-22-21(30-14(5)27)20(29-13(4)26)18(9-33-22)28-12(3)25/h6-8,18,20-22H,9H2,1-5H3/t18-,20+,21-,22-/m1/s1. The average molecular weight is 481 g/mol. The van der Waals surface area contributed by atoms with E-state index < -0.39 is 47.5 Å². The zero-order chi connectivity index (χ0) is 24.3. The van der Waals surface area contributed by atoms with Crippen LogP contribution in [0.25, 0.3) is 11.1 Å². The zero-order valence-corrected chi connectivity index (χ0v) is 19.6. The lowest BCUT2D eigenvalue weighted by Crippen LogP contribution is -2.55. The third kappa shape index (κ3) is 5.84. The number of thioether (sulfide) groups is 1. The first kappa shape index (κ1) is 24.6. The maximum Gasteiger partial charge on any atom is 0.303 e. The smallest absolute Gasteiger partial charge is 0.303 e. The molecule has 2 aromatic rings. The van der Waals surface area contributed by atoms with Crippen molar-refractivity contribution >= 4 is 29.7 Å². The van der Waals surface area contributed by atoms with E-state index in [1.54, 1.807) is 19.9 Å². The van der Waals surface area contributed by atoms with Crippen molar-refractivity contribution < 1.29 is 42.2 Å². The fourth-order valence-electron chi connectivity index (χ4n) is 3.58. The number of nitrogens with zero attached hydrogens (tertiary/aromatic N) is 1. The number of ether oxygens (including phenoxy) is 4. The number of carbonyl (C=O) groups is 3. The van der Waals surface area contributed by atoms with Gasteiger partial charge in [0.1, 0.15) is 5.76 Å². The van der Waals surface area contributed by atoms with Crippen LogP contribution in [0.1, 0.15) is 32.2 Å². The maximum absolute atomic E-state index is 15.0. The second-order valence-electron chi connectivity index (χ2n) is 7.46. The summed E-state index contributed by atoms with van der Waals surface area (Å²) in [7, 11) is 0. The van der Waals surface area contributed by atoms with Gasteiger partial charge in [-0.15, -0.1) is 11.8 Å². The molecule has 3 rings (SSSR count). The number of carbonyl (C=O) groups excluding carboxylic acids is 3. The fourth-order valence-corrected chi connectivity index (χ4v) is 4.79. The molecule has 1 fully saturated rings. The first-order chi connectivity index (χ1) is 15.6. The number of esters is 3. The highest BCUT2D eigenvalue weighted by atomic mass is 32.2. The van der Waals surface area contributed by atoms with E-state index in [1.165, 1.54) is 32.9 Å². The van der Waals surface area contributed by atoms with E-state index in [9.17, 15) is 18.8 Å². The van der Waals surface area contributed by atoms with Gasteiger partial charge in [0.25, 0.3) is 0 Å². The monoisotopic (exact) mass is 481 g/mol. The third-order valence-corrected chi connectivity index (χ3v) is 6.02. The molecule has 1 aromatic heterocycles. The van der Waals surface area contributed by atoms with E-state index >= 15 is 0 Å². The van der Waals surface area contributed by atoms with Crippen LogP contribution in [0.5, 0.6) is 5.75 Å². The van der Waals surface area contributed by atoms with Crippen LogP contribution in [-0.4, -0.2) is 52.6 Å². The molecule has 0 amide bonds. The number of aryl methyl sites for hydroxylation is 2. The van der Waals surface area contributed by atoms with Crippen molar-refractivity contribution in [2.24, 2.45) is 0 Å². The zero-order valence-electron chi connectivity index (χ0n) is 18.7. The molecule has 0 saturated carbocycles. The van der Waals surface area contributed by atoms with Crippen molar-refractivity contribution in [3.63, 3.8) is 0 Å². The fraction of sp³-hybridized carbons (Fsp3) is 0.455. The van der Waals surface area contributed by atoms with Crippen LogP contribution < -0.4 is 4.74 Å². The largest absolute Gasteiger partial charge is 0.473 e. The molecular formula is C22H24FNO8S. The van der Waals surface area contributed by atoms with Crippen LogP contribution in [0.3, 0.4) is 0 Å². The van der Waals surface area contributed by atoms with Crippen LogP contribution in [0.4, 0.5) is 4.39 Å². The van der Waals surface area contributed by atoms with Gasteiger partial charge in [-0.25, -0.2) is 4.39 Å². The molecule has 1 saturated heterocycles. The molecule has 0 unspecified atom stereocenters. The molecule has 0 radical (unpaired) electrons. The number of aromatic nitrogens is 1. The maximum atomic E-state index is 15.0. The van der Waals surface area contributed by atoms with Crippen molar-refractivity contribution in [3.05, 3.63) is 35.5 Å². The summed E-state index contributed by atoms with van der Waals surface area (Å²) in [6, 6.07) is 4.40. The molecule has 0 N–H and O–H groups in total. The van der Waals surface area contributed by atoms with E-state index in [4.69, 9.17) is 23.5 Å². The molecule has 1 aliphatic heterocycles. The number of rotatable bonds is 6. The van der Waals surface area contributed by atoms with Crippen molar-refractivity contribution in [2.75, 3.05) is 5.75 Å². The minimum Gasteiger partial charge on any atom is -0.473 e. The van der Waals surface area contributed by atoms with E-state index in [1.807, 2.05) is 0 Å². The summed E-state index contributed by atoms with van der Waals surface area (Å²) in [5.74, 6) is -1.91. The van der Waals surface area contributed by atoms with Crippen LogP contribution in [0.2, 0.25) is 0 Å². The summed E-state index contributed by atoms with van der Waals surface area (Å²) in [4.78, 5) is 34.9. The second kappa shape index (κ2) is 10.2. The Labute approximate surface area is 193 Å². The Morgan fingerprint density at radius 1 is 1.03 bits per heavy atom. The van der Waals surface area contributed by atoms with Crippen LogP contribution >= 0.6 is 11.8 Å². The molecule has 0 bridgehead atoms. The first-order valence-corrected chi connectivity index (χ1v) is 11.1. The summed E-state index contributed by atoms with van der Waals surface area (Å²) >= 11 is 1.14. The van der Waals surface area contributed by atoms with Crippen molar-refractivity contribution in [3.8, 4) is 16.9 Å². The summed E-state index contributed by atoms with van der Waals surface area (Å²) < 4.78 is 41.9. The minimum atomic E-state index is -1.14. The first-order valence-electron chi connectivity index (χ1n) is 10.1. The van der Waals surface area contributed by atoms with Gasteiger partial charge in [0.2, 0.25) is 0 Å². The second-order valence-corrected chi connectivity index (χ2v) is 8.59. The lowest BCUT2D eigenvalue weighted by molar-refractivity contribution is -0.186. The van der Waals surface area contributed by atoms with Crippen molar-refractivity contribution in [1.29, 1.82) is 0 Å². The number of hydrogen-bond donors (Lipinski definition) is 0. The average Bonchev–Trinajstić information content (AvgIpc) is 3.04. The highest BCUT2D eigenvalue weighted by molar-refractivity contribution is 7.99. The van der Waals surface area contributed by atoms with Gasteiger partial charge in [0.15, 0.2) is 35.3 Å². The Morgan fingerprint density at radius 2 is 1.67 bits per heavy atom. The highest BCUT2D eigenvalue weighted by Gasteiger charge is 2.47. The number of benzene rings is 1. The molecule has 0 aliphatic carbocycles. The Morgan fingerprint density at radius 3 is 2.21 bits per heavy atom. The predicted octanol–water partition coefficient (Wildman–Crippen LogP) is 3.34. The van der Waals surface area contributed by atoms with E-state index in [0.717, 1.165) is 11.8 Å². The van der Waals surface area contributed by atoms with Gasteiger partial charge in [0.05, 0.1) is 5.69 Å². The van der Waals surface area contributed by atoms with Gasteiger partial charge in [-0.3, -0.25) is 14.4 Å². The van der Waals surface area contributed by atoms with Crippen LogP contribution in [-0.2, 0) is 28.6 Å². The van der Waals surface area contributed by atoms with Gasteiger partial charge >= 0.3 is 17.9 Å². The van der Waals surface area contributed by atoms with E-state index in [-0.39, 0.29) is 11.5 Å². The molecule has 4 atom stereocenters. The molecule has 2 heterocycles. The van der Waals surface area contributed by atoms with Crippen LogP contribution in [0.15, 0.2) is 22.7 Å². The van der Waals surface area contributed by atoms with E-state index in [0.29, 0.717) is 22.6 Å². The topological polar surface area (TPSA) is 114 Å². The SMILES string of the molecule is CC(=O)O[C@@H]1[C@@H](OC(C)=O)[C@H](OC(C)=O)CS[C@H]1Oc1ccc(-c2c(C)noc2C)cc1F. The molecule has 33 heavy (non-hydrogen) atoms. The molecule has 1 aliphatic rings.